The lowest BCUT2D eigenvalue weighted by atomic mass is 9.78. The summed E-state index contributed by atoms with van der Waals surface area (Å²) in [7, 11) is 0. The lowest BCUT2D eigenvalue weighted by Gasteiger charge is -2.28. The third-order valence-electron chi connectivity index (χ3n) is 5.61. The van der Waals surface area contributed by atoms with Gasteiger partial charge in [0, 0.05) is 5.92 Å². The Labute approximate surface area is 135 Å². The van der Waals surface area contributed by atoms with Crippen LogP contribution in [-0.4, -0.2) is 0 Å². The van der Waals surface area contributed by atoms with Crippen LogP contribution in [0.4, 0.5) is 8.78 Å². The van der Waals surface area contributed by atoms with Gasteiger partial charge >= 0.3 is 0 Å². The van der Waals surface area contributed by atoms with Crippen LogP contribution >= 0.6 is 0 Å². The van der Waals surface area contributed by atoms with Crippen molar-refractivity contribution in [2.75, 3.05) is 0 Å². The van der Waals surface area contributed by atoms with Gasteiger partial charge < -0.3 is 0 Å². The zero-order valence-corrected chi connectivity index (χ0v) is 14.3. The Balaban J connectivity index is 1.92. The molecule has 0 aromatic carbocycles. The van der Waals surface area contributed by atoms with Gasteiger partial charge in [-0.2, -0.15) is 0 Å². The van der Waals surface area contributed by atoms with Crippen LogP contribution in [0, 0.1) is 17.8 Å². The molecule has 2 heteroatoms. The zero-order chi connectivity index (χ0) is 15.9. The second-order valence-electron chi connectivity index (χ2n) is 7.33. The van der Waals surface area contributed by atoms with Gasteiger partial charge in [-0.15, -0.1) is 0 Å². The Bertz CT molecular complexity index is 400. The monoisotopic (exact) mass is 310 g/mol. The highest BCUT2D eigenvalue weighted by atomic mass is 19.2. The molecule has 1 atom stereocenters. The molecule has 0 spiro atoms. The maximum absolute atomic E-state index is 14.5. The van der Waals surface area contributed by atoms with E-state index in [1.54, 1.807) is 0 Å². The van der Waals surface area contributed by atoms with Gasteiger partial charge in [-0.05, 0) is 62.4 Å². The van der Waals surface area contributed by atoms with Crippen molar-refractivity contribution in [3.8, 4) is 0 Å². The third kappa shape index (κ3) is 4.67. The number of rotatable bonds is 6. The smallest absolute Gasteiger partial charge is 0.157 e. The van der Waals surface area contributed by atoms with E-state index in [9.17, 15) is 8.78 Å². The molecule has 0 amide bonds. The summed E-state index contributed by atoms with van der Waals surface area (Å²) in [6.45, 7) is 4.39. The molecule has 0 radical (unpaired) electrons. The van der Waals surface area contributed by atoms with E-state index >= 15 is 0 Å². The van der Waals surface area contributed by atoms with Gasteiger partial charge in [0.15, 0.2) is 5.83 Å². The Hall–Kier alpha value is -0.660. The minimum absolute atomic E-state index is 0.164. The summed E-state index contributed by atoms with van der Waals surface area (Å²) in [6.07, 6.45) is 13.2. The number of hydrogen-bond donors (Lipinski definition) is 0. The summed E-state index contributed by atoms with van der Waals surface area (Å²) < 4.78 is 28.9. The standard InChI is InChI=1S/C20H32F2/c1-3-5-15-7-11-17(12-8-15)19(21)20(22)18-13-9-16(6-4-2)10-14-18/h11,15-16,18H,3-10,12-14H2,1-2H3/b20-19+. The maximum atomic E-state index is 14.5. The van der Waals surface area contributed by atoms with Crippen LogP contribution in [0.25, 0.3) is 0 Å². The Morgan fingerprint density at radius 1 is 0.955 bits per heavy atom. The van der Waals surface area contributed by atoms with Gasteiger partial charge in [-0.1, -0.05) is 45.6 Å². The van der Waals surface area contributed by atoms with Crippen molar-refractivity contribution in [2.45, 2.75) is 84.5 Å². The van der Waals surface area contributed by atoms with Crippen LogP contribution in [0.15, 0.2) is 23.3 Å². The first-order valence-electron chi connectivity index (χ1n) is 9.40. The van der Waals surface area contributed by atoms with Gasteiger partial charge in [0.1, 0.15) is 5.83 Å². The summed E-state index contributed by atoms with van der Waals surface area (Å²) >= 11 is 0. The van der Waals surface area contributed by atoms with Gasteiger partial charge in [0.25, 0.3) is 0 Å². The molecule has 2 aliphatic carbocycles. The van der Waals surface area contributed by atoms with Crippen molar-refractivity contribution in [3.05, 3.63) is 23.3 Å². The molecule has 2 rings (SSSR count). The van der Waals surface area contributed by atoms with E-state index in [-0.39, 0.29) is 5.92 Å². The summed E-state index contributed by atoms with van der Waals surface area (Å²) in [5.41, 5.74) is 0.639. The molecule has 0 aliphatic heterocycles. The molecule has 22 heavy (non-hydrogen) atoms. The van der Waals surface area contributed by atoms with E-state index in [1.165, 1.54) is 25.7 Å². The molecule has 0 N–H and O–H groups in total. The molecule has 0 heterocycles. The molecule has 126 valence electrons. The predicted octanol–water partition coefficient (Wildman–Crippen LogP) is 7.27. The SMILES string of the molecule is CCCC1CC=C(/C(F)=C(\F)C2CCC(CCC)CC2)CC1. The Morgan fingerprint density at radius 3 is 2.14 bits per heavy atom. The van der Waals surface area contributed by atoms with Crippen LogP contribution in [0.2, 0.25) is 0 Å². The molecule has 0 aromatic rings. The van der Waals surface area contributed by atoms with Crippen molar-refractivity contribution in [3.63, 3.8) is 0 Å². The third-order valence-corrected chi connectivity index (χ3v) is 5.61. The van der Waals surface area contributed by atoms with Crippen molar-refractivity contribution in [1.29, 1.82) is 0 Å². The molecule has 0 nitrogen and oxygen atoms in total. The van der Waals surface area contributed by atoms with E-state index in [4.69, 9.17) is 0 Å². The van der Waals surface area contributed by atoms with Crippen LogP contribution < -0.4 is 0 Å². The first-order valence-corrected chi connectivity index (χ1v) is 9.40. The molecular formula is C20H32F2. The minimum atomic E-state index is -0.520. The van der Waals surface area contributed by atoms with E-state index < -0.39 is 11.7 Å². The molecule has 1 saturated carbocycles. The van der Waals surface area contributed by atoms with E-state index in [2.05, 4.69) is 13.8 Å². The highest BCUT2D eigenvalue weighted by Gasteiger charge is 2.27. The van der Waals surface area contributed by atoms with Crippen molar-refractivity contribution in [2.24, 2.45) is 17.8 Å². The summed E-state index contributed by atoms with van der Waals surface area (Å²) in [5.74, 6) is 0.279. The van der Waals surface area contributed by atoms with E-state index in [0.29, 0.717) is 11.5 Å². The molecule has 1 unspecified atom stereocenters. The Kier molecular flexibility index (Phi) is 7.11. The Morgan fingerprint density at radius 2 is 1.59 bits per heavy atom. The quantitative estimate of drug-likeness (QED) is 0.484. The van der Waals surface area contributed by atoms with Crippen LogP contribution in [0.3, 0.4) is 0 Å². The van der Waals surface area contributed by atoms with Crippen LogP contribution in [0.5, 0.6) is 0 Å². The first kappa shape index (κ1) is 17.7. The molecule has 0 bridgehead atoms. The largest absolute Gasteiger partial charge is 0.208 e. The minimum Gasteiger partial charge on any atom is -0.208 e. The van der Waals surface area contributed by atoms with Gasteiger partial charge in [0.2, 0.25) is 0 Å². The summed E-state index contributed by atoms with van der Waals surface area (Å²) in [4.78, 5) is 0. The predicted molar refractivity (Wildman–Crippen MR) is 89.9 cm³/mol. The number of halogens is 2. The lowest BCUT2D eigenvalue weighted by Crippen LogP contribution is -2.16. The fourth-order valence-corrected chi connectivity index (χ4v) is 4.20. The van der Waals surface area contributed by atoms with Gasteiger partial charge in [0.05, 0.1) is 0 Å². The summed E-state index contributed by atoms with van der Waals surface area (Å²) in [5, 5.41) is 0. The molecule has 2 aliphatic rings. The summed E-state index contributed by atoms with van der Waals surface area (Å²) in [6, 6.07) is 0. The average molecular weight is 310 g/mol. The van der Waals surface area contributed by atoms with Crippen molar-refractivity contribution < 1.29 is 8.78 Å². The zero-order valence-electron chi connectivity index (χ0n) is 14.3. The number of hydrogen-bond acceptors (Lipinski definition) is 0. The first-order chi connectivity index (χ1) is 10.7. The van der Waals surface area contributed by atoms with E-state index in [0.717, 1.165) is 50.9 Å². The van der Waals surface area contributed by atoms with Crippen LogP contribution in [0.1, 0.15) is 84.5 Å². The fourth-order valence-electron chi connectivity index (χ4n) is 4.20. The van der Waals surface area contributed by atoms with Crippen LogP contribution in [-0.2, 0) is 0 Å². The molecule has 0 aromatic heterocycles. The highest BCUT2D eigenvalue weighted by molar-refractivity contribution is 5.30. The second kappa shape index (κ2) is 8.84. The van der Waals surface area contributed by atoms with Crippen molar-refractivity contribution >= 4 is 0 Å². The lowest BCUT2D eigenvalue weighted by molar-refractivity contribution is 0.256. The van der Waals surface area contributed by atoms with Gasteiger partial charge in [-0.3, -0.25) is 0 Å². The maximum Gasteiger partial charge on any atom is 0.157 e. The van der Waals surface area contributed by atoms with Crippen molar-refractivity contribution in [1.82, 2.24) is 0 Å². The number of allylic oxidation sites excluding steroid dienone is 4. The molecule has 1 fully saturated rings. The van der Waals surface area contributed by atoms with E-state index in [1.807, 2.05) is 6.08 Å². The molecular weight excluding hydrogens is 278 g/mol. The normalized spacial score (nSPS) is 30.7. The topological polar surface area (TPSA) is 0 Å². The fraction of sp³-hybridized carbons (Fsp3) is 0.800. The highest BCUT2D eigenvalue weighted by Crippen LogP contribution is 2.40. The average Bonchev–Trinajstić information content (AvgIpc) is 2.55. The molecule has 0 saturated heterocycles. The second-order valence-corrected chi connectivity index (χ2v) is 7.33. The van der Waals surface area contributed by atoms with Gasteiger partial charge in [-0.25, -0.2) is 8.78 Å².